The van der Waals surface area contributed by atoms with Crippen LogP contribution in [0.25, 0.3) is 0 Å². The Morgan fingerprint density at radius 2 is 1.87 bits per heavy atom. The molecular weight excluding hydrogens is 380 g/mol. The molecule has 6 heteroatoms. The smallest absolute Gasteiger partial charge is 0.255 e. The molecule has 2 saturated heterocycles. The van der Waals surface area contributed by atoms with Crippen LogP contribution in [-0.4, -0.2) is 61.6 Å². The van der Waals surface area contributed by atoms with Crippen LogP contribution in [0, 0.1) is 5.92 Å². The highest BCUT2D eigenvalue weighted by molar-refractivity contribution is 5.97. The summed E-state index contributed by atoms with van der Waals surface area (Å²) in [6.07, 6.45) is 8.91. The summed E-state index contributed by atoms with van der Waals surface area (Å²) >= 11 is 0. The molecule has 1 unspecified atom stereocenters. The second kappa shape index (κ2) is 8.85. The van der Waals surface area contributed by atoms with Gasteiger partial charge in [0, 0.05) is 37.4 Å². The van der Waals surface area contributed by atoms with E-state index in [-0.39, 0.29) is 11.7 Å². The van der Waals surface area contributed by atoms with E-state index in [4.69, 9.17) is 14.2 Å². The third kappa shape index (κ3) is 4.66. The molecule has 5 rings (SSSR count). The van der Waals surface area contributed by atoms with Crippen molar-refractivity contribution in [2.24, 2.45) is 5.92 Å². The number of hydrogen-bond acceptors (Lipinski definition) is 5. The van der Waals surface area contributed by atoms with E-state index in [1.54, 1.807) is 0 Å². The Balaban J connectivity index is 1.13. The summed E-state index contributed by atoms with van der Waals surface area (Å²) in [5.41, 5.74) is 0.659. The molecule has 0 aromatic heterocycles. The summed E-state index contributed by atoms with van der Waals surface area (Å²) in [5.74, 6) is 0.932. The summed E-state index contributed by atoms with van der Waals surface area (Å²) in [5, 5.41) is 3.07. The molecular formula is C24H34N2O4. The maximum absolute atomic E-state index is 12.5. The predicted octanol–water partition coefficient (Wildman–Crippen LogP) is 3.36. The molecule has 2 saturated carbocycles. The molecule has 1 aromatic carbocycles. The quantitative estimate of drug-likeness (QED) is 0.774. The second-order valence-corrected chi connectivity index (χ2v) is 9.40. The molecule has 1 atom stereocenters. The van der Waals surface area contributed by atoms with Crippen LogP contribution in [0.5, 0.6) is 5.75 Å². The van der Waals surface area contributed by atoms with E-state index in [2.05, 4.69) is 10.2 Å². The lowest BCUT2D eigenvalue weighted by Crippen LogP contribution is -2.48. The van der Waals surface area contributed by atoms with E-state index in [0.717, 1.165) is 58.3 Å². The number of rotatable bonds is 6. The number of likely N-dealkylation sites (tertiary alicyclic amines) is 1. The average molecular weight is 415 g/mol. The number of carbonyl (C=O) groups is 1. The van der Waals surface area contributed by atoms with Gasteiger partial charge < -0.3 is 19.5 Å². The number of nitrogens with zero attached hydrogens (tertiary/aromatic N) is 1. The number of para-hydroxylation sites is 1. The lowest BCUT2D eigenvalue weighted by molar-refractivity contribution is -0.184. The summed E-state index contributed by atoms with van der Waals surface area (Å²) in [6.45, 7) is 4.42. The molecule has 2 aliphatic carbocycles. The Morgan fingerprint density at radius 1 is 1.10 bits per heavy atom. The molecule has 30 heavy (non-hydrogen) atoms. The van der Waals surface area contributed by atoms with Crippen molar-refractivity contribution < 1.29 is 19.0 Å². The zero-order chi connectivity index (χ0) is 20.4. The van der Waals surface area contributed by atoms with Gasteiger partial charge >= 0.3 is 0 Å². The van der Waals surface area contributed by atoms with Gasteiger partial charge in [0.15, 0.2) is 5.79 Å². The van der Waals surface area contributed by atoms with Gasteiger partial charge in [-0.15, -0.1) is 0 Å². The minimum atomic E-state index is -0.278. The molecule has 1 spiro atoms. The first-order valence-electron chi connectivity index (χ1n) is 11.8. The van der Waals surface area contributed by atoms with Crippen molar-refractivity contribution in [3.05, 3.63) is 29.8 Å². The molecule has 4 fully saturated rings. The van der Waals surface area contributed by atoms with E-state index in [1.807, 2.05) is 24.3 Å². The summed E-state index contributed by atoms with van der Waals surface area (Å²) in [7, 11) is 0. The lowest BCUT2D eigenvalue weighted by atomic mass is 9.87. The monoisotopic (exact) mass is 414 g/mol. The summed E-state index contributed by atoms with van der Waals surface area (Å²) in [4.78, 5) is 15.2. The fourth-order valence-corrected chi connectivity index (χ4v) is 5.24. The van der Waals surface area contributed by atoms with Crippen LogP contribution in [0.3, 0.4) is 0 Å². The maximum atomic E-state index is 12.5. The largest absolute Gasteiger partial charge is 0.492 e. The Bertz CT molecular complexity index is 734. The number of hydrogen-bond donors (Lipinski definition) is 1. The number of nitrogens with one attached hydrogen (secondary N) is 1. The Kier molecular flexibility index (Phi) is 5.98. The van der Waals surface area contributed by atoms with Crippen LogP contribution < -0.4 is 10.1 Å². The normalized spacial score (nSPS) is 27.3. The lowest BCUT2D eigenvalue weighted by Gasteiger charge is -2.43. The maximum Gasteiger partial charge on any atom is 0.255 e. The molecule has 4 aliphatic rings. The minimum absolute atomic E-state index is 0.00847. The van der Waals surface area contributed by atoms with Gasteiger partial charge in [-0.1, -0.05) is 12.1 Å². The van der Waals surface area contributed by atoms with Crippen molar-refractivity contribution in [2.75, 3.05) is 32.9 Å². The highest BCUT2D eigenvalue weighted by atomic mass is 16.7. The van der Waals surface area contributed by atoms with Gasteiger partial charge in [0.1, 0.15) is 5.75 Å². The number of amides is 1. The fourth-order valence-electron chi connectivity index (χ4n) is 5.24. The average Bonchev–Trinajstić information content (AvgIpc) is 3.49. The van der Waals surface area contributed by atoms with Crippen LogP contribution in [0.1, 0.15) is 61.7 Å². The molecule has 1 aromatic rings. The molecule has 164 valence electrons. The molecule has 2 heterocycles. The summed E-state index contributed by atoms with van der Waals surface area (Å²) < 4.78 is 18.0. The zero-order valence-electron chi connectivity index (χ0n) is 17.8. The first kappa shape index (κ1) is 20.3. The predicted molar refractivity (Wildman–Crippen MR) is 114 cm³/mol. The van der Waals surface area contributed by atoms with Gasteiger partial charge in [-0.05, 0) is 57.2 Å². The number of carbonyl (C=O) groups excluding carboxylic acids is 1. The number of piperidine rings is 1. The highest BCUT2D eigenvalue weighted by Crippen LogP contribution is 2.38. The van der Waals surface area contributed by atoms with Crippen molar-refractivity contribution in [3.63, 3.8) is 0 Å². The highest BCUT2D eigenvalue weighted by Gasteiger charge is 2.42. The van der Waals surface area contributed by atoms with Crippen molar-refractivity contribution >= 4 is 5.91 Å². The molecule has 6 nitrogen and oxygen atoms in total. The van der Waals surface area contributed by atoms with E-state index in [9.17, 15) is 4.79 Å². The van der Waals surface area contributed by atoms with E-state index in [0.29, 0.717) is 35.9 Å². The third-order valence-corrected chi connectivity index (χ3v) is 7.12. The standard InChI is InChI=1S/C24H34N2O4/c27-23(25-19-7-8-19)21-5-1-2-6-22(21)28-17-18-4-3-13-26(16-18)20-9-11-24(12-10-20)29-14-15-30-24/h1-2,5-6,18-20H,3-4,7-17H2,(H,25,27). The summed E-state index contributed by atoms with van der Waals surface area (Å²) in [6, 6.07) is 8.62. The molecule has 0 bridgehead atoms. The number of ether oxygens (including phenoxy) is 3. The van der Waals surface area contributed by atoms with Crippen LogP contribution >= 0.6 is 0 Å². The van der Waals surface area contributed by atoms with Gasteiger partial charge in [0.05, 0.1) is 25.4 Å². The Hall–Kier alpha value is -1.63. The third-order valence-electron chi connectivity index (χ3n) is 7.12. The molecule has 1 amide bonds. The minimum Gasteiger partial charge on any atom is -0.492 e. The first-order valence-corrected chi connectivity index (χ1v) is 11.8. The molecule has 1 N–H and O–H groups in total. The van der Waals surface area contributed by atoms with Crippen LogP contribution in [-0.2, 0) is 9.47 Å². The van der Waals surface area contributed by atoms with E-state index < -0.39 is 0 Å². The Morgan fingerprint density at radius 3 is 2.63 bits per heavy atom. The van der Waals surface area contributed by atoms with Gasteiger partial charge in [-0.25, -0.2) is 0 Å². The topological polar surface area (TPSA) is 60.0 Å². The zero-order valence-corrected chi connectivity index (χ0v) is 17.8. The SMILES string of the molecule is O=C(NC1CC1)c1ccccc1OCC1CCCN(C2CCC3(CC2)OCCO3)C1. The van der Waals surface area contributed by atoms with Gasteiger partial charge in [-0.3, -0.25) is 9.69 Å². The van der Waals surface area contributed by atoms with Crippen molar-refractivity contribution in [1.29, 1.82) is 0 Å². The first-order chi connectivity index (χ1) is 14.7. The van der Waals surface area contributed by atoms with E-state index in [1.165, 1.54) is 19.4 Å². The fraction of sp³-hybridized carbons (Fsp3) is 0.708. The van der Waals surface area contributed by atoms with Crippen molar-refractivity contribution in [3.8, 4) is 5.75 Å². The van der Waals surface area contributed by atoms with Crippen LogP contribution in [0.4, 0.5) is 0 Å². The van der Waals surface area contributed by atoms with Crippen molar-refractivity contribution in [2.45, 2.75) is 69.2 Å². The number of benzene rings is 1. The van der Waals surface area contributed by atoms with Gasteiger partial charge in [0.2, 0.25) is 0 Å². The molecule has 0 radical (unpaired) electrons. The van der Waals surface area contributed by atoms with Gasteiger partial charge in [0.25, 0.3) is 5.91 Å². The Labute approximate surface area is 179 Å². The van der Waals surface area contributed by atoms with E-state index >= 15 is 0 Å². The van der Waals surface area contributed by atoms with Crippen molar-refractivity contribution in [1.82, 2.24) is 10.2 Å². The second-order valence-electron chi connectivity index (χ2n) is 9.40. The van der Waals surface area contributed by atoms with Gasteiger partial charge in [-0.2, -0.15) is 0 Å². The van der Waals surface area contributed by atoms with Crippen LogP contribution in [0.15, 0.2) is 24.3 Å². The molecule has 2 aliphatic heterocycles. The van der Waals surface area contributed by atoms with Crippen LogP contribution in [0.2, 0.25) is 0 Å².